The van der Waals surface area contributed by atoms with Gasteiger partial charge in [-0.2, -0.15) is 0 Å². The van der Waals surface area contributed by atoms with Gasteiger partial charge in [-0.05, 0) is 60.7 Å². The summed E-state index contributed by atoms with van der Waals surface area (Å²) in [7, 11) is 0. The van der Waals surface area contributed by atoms with Crippen LogP contribution in [0.3, 0.4) is 0 Å². The highest BCUT2D eigenvalue weighted by Crippen LogP contribution is 2.44. The first kappa shape index (κ1) is 19.5. The van der Waals surface area contributed by atoms with Gasteiger partial charge in [-0.25, -0.2) is 0 Å². The quantitative estimate of drug-likeness (QED) is 0.477. The van der Waals surface area contributed by atoms with Crippen LogP contribution in [0.1, 0.15) is 5.56 Å². The minimum atomic E-state index is -1.76. The van der Waals surface area contributed by atoms with Crippen molar-refractivity contribution >= 4 is 60.6 Å². The number of aliphatic hydroxyl groups is 2. The Labute approximate surface area is 185 Å². The zero-order valence-corrected chi connectivity index (χ0v) is 18.5. The molecule has 0 bridgehead atoms. The molecule has 2 atom stereocenters. The molecule has 1 fully saturated rings. The van der Waals surface area contributed by atoms with Crippen molar-refractivity contribution in [2.75, 3.05) is 9.80 Å². The molecule has 2 N–H and O–H groups in total. The average Bonchev–Trinajstić information content (AvgIpc) is 2.90. The fraction of sp³-hybridized carbons (Fsp3) is 0.0952. The lowest BCUT2D eigenvalue weighted by Gasteiger charge is -2.35. The first-order valence-electron chi connectivity index (χ1n) is 8.53. The van der Waals surface area contributed by atoms with Gasteiger partial charge in [0.05, 0.1) is 0 Å². The van der Waals surface area contributed by atoms with Crippen molar-refractivity contribution in [3.63, 3.8) is 0 Å². The zero-order chi connectivity index (χ0) is 19.9. The maximum absolute atomic E-state index is 11.8. The minimum Gasteiger partial charge on any atom is -0.368 e. The molecule has 142 valence electrons. The van der Waals surface area contributed by atoms with Crippen molar-refractivity contribution in [1.82, 2.24) is 0 Å². The first-order chi connectivity index (χ1) is 13.4. The minimum absolute atomic E-state index is 0.312. The predicted octanol–water partition coefficient (Wildman–Crippen LogP) is 4.99. The summed E-state index contributed by atoms with van der Waals surface area (Å²) in [5, 5.41) is 23.4. The van der Waals surface area contributed by atoms with Crippen molar-refractivity contribution in [2.24, 2.45) is 0 Å². The van der Waals surface area contributed by atoms with E-state index in [0.717, 1.165) is 8.95 Å². The molecule has 0 aromatic heterocycles. The van der Waals surface area contributed by atoms with Gasteiger partial charge < -0.3 is 10.2 Å². The number of rotatable bonds is 3. The molecule has 0 aliphatic carbocycles. The van der Waals surface area contributed by atoms with E-state index in [1.807, 2.05) is 66.7 Å². The molecule has 1 saturated heterocycles. The topological polar surface area (TPSA) is 46.9 Å². The number of hydrogen-bond donors (Lipinski definition) is 2. The van der Waals surface area contributed by atoms with Crippen LogP contribution in [0.25, 0.3) is 0 Å². The van der Waals surface area contributed by atoms with Crippen molar-refractivity contribution in [2.45, 2.75) is 12.0 Å². The summed E-state index contributed by atoms with van der Waals surface area (Å²) in [5.74, 6) is 0. The fourth-order valence-electron chi connectivity index (χ4n) is 3.36. The number of nitrogens with zero attached hydrogens (tertiary/aromatic N) is 2. The van der Waals surface area contributed by atoms with Gasteiger partial charge >= 0.3 is 0 Å². The van der Waals surface area contributed by atoms with E-state index in [1.165, 1.54) is 0 Å². The van der Waals surface area contributed by atoms with E-state index < -0.39 is 12.0 Å². The maximum Gasteiger partial charge on any atom is 0.217 e. The molecule has 3 aromatic carbocycles. The van der Waals surface area contributed by atoms with E-state index in [2.05, 4.69) is 31.9 Å². The number of anilines is 2. The van der Waals surface area contributed by atoms with Gasteiger partial charge in [-0.15, -0.1) is 0 Å². The third kappa shape index (κ3) is 3.17. The molecule has 1 heterocycles. The molecule has 0 radical (unpaired) electrons. The molecule has 28 heavy (non-hydrogen) atoms. The zero-order valence-electron chi connectivity index (χ0n) is 14.5. The van der Waals surface area contributed by atoms with E-state index in [0.29, 0.717) is 22.1 Å². The molecule has 0 unspecified atom stereocenters. The van der Waals surface area contributed by atoms with Gasteiger partial charge in [0.15, 0.2) is 11.3 Å². The molecular formula is C21H16Br2N2O2S. The molecule has 1 aliphatic heterocycles. The monoisotopic (exact) mass is 518 g/mol. The van der Waals surface area contributed by atoms with Gasteiger partial charge in [-0.1, -0.05) is 62.2 Å². The highest BCUT2D eigenvalue weighted by molar-refractivity contribution is 9.10. The summed E-state index contributed by atoms with van der Waals surface area (Å²) in [4.78, 5) is 3.16. The van der Waals surface area contributed by atoms with Crippen LogP contribution in [0.15, 0.2) is 87.8 Å². The molecule has 0 saturated carbocycles. The lowest BCUT2D eigenvalue weighted by molar-refractivity contribution is -0.0546. The molecule has 3 aromatic rings. The largest absolute Gasteiger partial charge is 0.368 e. The van der Waals surface area contributed by atoms with E-state index in [4.69, 9.17) is 12.2 Å². The van der Waals surface area contributed by atoms with Gasteiger partial charge in [0.25, 0.3) is 0 Å². The number of benzene rings is 3. The Balaban J connectivity index is 1.90. The molecule has 7 heteroatoms. The van der Waals surface area contributed by atoms with E-state index >= 15 is 0 Å². The van der Waals surface area contributed by atoms with Crippen LogP contribution < -0.4 is 9.80 Å². The number of thiocarbonyl (C=S) groups is 1. The molecule has 4 rings (SSSR count). The lowest BCUT2D eigenvalue weighted by Crippen LogP contribution is -2.49. The predicted molar refractivity (Wildman–Crippen MR) is 122 cm³/mol. The number of halogens is 2. The average molecular weight is 520 g/mol. The summed E-state index contributed by atoms with van der Waals surface area (Å²) in [5.41, 5.74) is 0.153. The van der Waals surface area contributed by atoms with Crippen LogP contribution >= 0.6 is 44.1 Å². The normalized spacial score (nSPS) is 22.0. The molecule has 0 amide bonds. The first-order valence-corrected chi connectivity index (χ1v) is 10.5. The third-order valence-corrected chi connectivity index (χ3v) is 6.17. The van der Waals surface area contributed by atoms with Crippen molar-refractivity contribution in [3.05, 3.63) is 93.4 Å². The number of para-hydroxylation sites is 1. The lowest BCUT2D eigenvalue weighted by atomic mass is 9.99. The van der Waals surface area contributed by atoms with Crippen LogP contribution in [0.5, 0.6) is 0 Å². The summed E-state index contributed by atoms with van der Waals surface area (Å²) < 4.78 is 1.79. The van der Waals surface area contributed by atoms with Gasteiger partial charge in [0.1, 0.15) is 0 Å². The maximum atomic E-state index is 11.8. The summed E-state index contributed by atoms with van der Waals surface area (Å²) in [6.45, 7) is 0. The van der Waals surface area contributed by atoms with Crippen molar-refractivity contribution in [3.8, 4) is 0 Å². The summed E-state index contributed by atoms with van der Waals surface area (Å²) in [6.07, 6.45) is -1.30. The van der Waals surface area contributed by atoms with Crippen LogP contribution in [0.4, 0.5) is 11.4 Å². The summed E-state index contributed by atoms with van der Waals surface area (Å²) >= 11 is 12.6. The van der Waals surface area contributed by atoms with Crippen LogP contribution in [-0.2, 0) is 5.72 Å². The van der Waals surface area contributed by atoms with E-state index in [1.54, 1.807) is 21.9 Å². The Kier molecular flexibility index (Phi) is 5.28. The second-order valence-corrected chi connectivity index (χ2v) is 8.60. The van der Waals surface area contributed by atoms with Gasteiger partial charge in [0, 0.05) is 25.9 Å². The van der Waals surface area contributed by atoms with E-state index in [9.17, 15) is 10.2 Å². The Morgan fingerprint density at radius 2 is 1.32 bits per heavy atom. The number of aliphatic hydroxyl groups excluding tert-OH is 1. The SMILES string of the molecule is O[C@@H]1N(c2ccccc2)C(=S)N(c2ccc(Br)cc2)[C@@]1(O)c1ccc(Br)cc1. The molecule has 4 nitrogen and oxygen atoms in total. The van der Waals surface area contributed by atoms with Crippen LogP contribution in [0.2, 0.25) is 0 Å². The Bertz CT molecular complexity index is 999. The highest BCUT2D eigenvalue weighted by Gasteiger charge is 2.56. The van der Waals surface area contributed by atoms with Crippen molar-refractivity contribution in [1.29, 1.82) is 0 Å². The molecular weight excluding hydrogens is 504 g/mol. The number of hydrogen-bond acceptors (Lipinski definition) is 3. The Morgan fingerprint density at radius 1 is 0.786 bits per heavy atom. The van der Waals surface area contributed by atoms with E-state index in [-0.39, 0.29) is 0 Å². The van der Waals surface area contributed by atoms with Gasteiger partial charge in [-0.3, -0.25) is 9.80 Å². The third-order valence-electron chi connectivity index (χ3n) is 4.73. The highest BCUT2D eigenvalue weighted by atomic mass is 79.9. The molecule has 0 spiro atoms. The van der Waals surface area contributed by atoms with Gasteiger partial charge in [0.2, 0.25) is 5.72 Å². The standard InChI is InChI=1S/C21H16Br2N2O2S/c22-15-8-6-14(7-9-15)21(27)19(26)24(17-4-2-1-3-5-17)20(28)25(21)18-12-10-16(23)11-13-18/h1-13,19,26-27H/t19-,21+/m0/s1. The smallest absolute Gasteiger partial charge is 0.217 e. The Hall–Kier alpha value is -1.77. The summed E-state index contributed by atoms with van der Waals surface area (Å²) in [6, 6.07) is 24.0. The Morgan fingerprint density at radius 3 is 1.89 bits per heavy atom. The van der Waals surface area contributed by atoms with Crippen LogP contribution in [0, 0.1) is 0 Å². The van der Waals surface area contributed by atoms with Crippen molar-refractivity contribution < 1.29 is 10.2 Å². The molecule has 1 aliphatic rings. The van der Waals surface area contributed by atoms with Crippen LogP contribution in [-0.4, -0.2) is 21.6 Å². The fourth-order valence-corrected chi connectivity index (χ4v) is 4.34. The second-order valence-electron chi connectivity index (χ2n) is 6.41. The second kappa shape index (κ2) is 7.57.